The van der Waals surface area contributed by atoms with Gasteiger partial charge in [-0.05, 0) is 32.9 Å². The third-order valence-corrected chi connectivity index (χ3v) is 1.68. The number of hydrogen-bond donors (Lipinski definition) is 1. The standard InChI is InChI=1S/C8H11N.C5H10O3/c1-2-9-8-6-4-3-5-7-8;1-3-7-5(6)8-4-2/h3-7,9H,2H2,1H3;3-4H2,1-2H3. The van der Waals surface area contributed by atoms with E-state index in [2.05, 4.69) is 33.8 Å². The highest BCUT2D eigenvalue weighted by molar-refractivity contribution is 5.59. The van der Waals surface area contributed by atoms with E-state index in [9.17, 15) is 4.79 Å². The highest BCUT2D eigenvalue weighted by Crippen LogP contribution is 2.02. The van der Waals surface area contributed by atoms with Crippen LogP contribution in [0.5, 0.6) is 0 Å². The number of benzene rings is 1. The van der Waals surface area contributed by atoms with Crippen LogP contribution < -0.4 is 5.32 Å². The van der Waals surface area contributed by atoms with E-state index in [1.807, 2.05) is 18.2 Å². The lowest BCUT2D eigenvalue weighted by Crippen LogP contribution is -2.05. The minimum atomic E-state index is -0.588. The van der Waals surface area contributed by atoms with Crippen LogP contribution in [0.3, 0.4) is 0 Å². The van der Waals surface area contributed by atoms with Crippen molar-refractivity contribution in [2.75, 3.05) is 25.1 Å². The van der Waals surface area contributed by atoms with Gasteiger partial charge in [0.05, 0.1) is 13.2 Å². The minimum Gasteiger partial charge on any atom is -0.435 e. The summed E-state index contributed by atoms with van der Waals surface area (Å²) in [7, 11) is 0. The van der Waals surface area contributed by atoms with Crippen molar-refractivity contribution in [1.82, 2.24) is 0 Å². The van der Waals surface area contributed by atoms with Crippen LogP contribution in [0.15, 0.2) is 30.3 Å². The Kier molecular flexibility index (Phi) is 9.71. The van der Waals surface area contributed by atoms with Gasteiger partial charge in [0.1, 0.15) is 0 Å². The van der Waals surface area contributed by atoms with Crippen LogP contribution in [0.2, 0.25) is 0 Å². The molecule has 17 heavy (non-hydrogen) atoms. The summed E-state index contributed by atoms with van der Waals surface area (Å²) in [6.07, 6.45) is -0.588. The smallest absolute Gasteiger partial charge is 0.435 e. The van der Waals surface area contributed by atoms with Gasteiger partial charge < -0.3 is 14.8 Å². The SMILES string of the molecule is CCNc1ccccc1.CCOC(=O)OCC. The molecular formula is C13H21NO3. The number of carbonyl (C=O) groups excluding carboxylic acids is 1. The maximum absolute atomic E-state index is 10.2. The van der Waals surface area contributed by atoms with Crippen LogP contribution in [0, 0.1) is 0 Å². The molecular weight excluding hydrogens is 218 g/mol. The van der Waals surface area contributed by atoms with E-state index in [1.165, 1.54) is 5.69 Å². The fourth-order valence-electron chi connectivity index (χ4n) is 1.04. The van der Waals surface area contributed by atoms with Gasteiger partial charge in [-0.3, -0.25) is 0 Å². The molecule has 0 spiro atoms. The summed E-state index contributed by atoms with van der Waals surface area (Å²) in [5, 5.41) is 3.21. The molecule has 0 aliphatic heterocycles. The Balaban J connectivity index is 0.000000304. The molecule has 1 aromatic carbocycles. The number of anilines is 1. The zero-order valence-electron chi connectivity index (χ0n) is 10.7. The topological polar surface area (TPSA) is 47.6 Å². The van der Waals surface area contributed by atoms with Crippen LogP contribution in [-0.2, 0) is 9.47 Å². The first kappa shape index (κ1) is 15.3. The van der Waals surface area contributed by atoms with Gasteiger partial charge in [0.15, 0.2) is 0 Å². The number of para-hydroxylation sites is 1. The average molecular weight is 239 g/mol. The van der Waals surface area contributed by atoms with Gasteiger partial charge >= 0.3 is 6.16 Å². The number of carbonyl (C=O) groups is 1. The molecule has 0 radical (unpaired) electrons. The summed E-state index contributed by atoms with van der Waals surface area (Å²) in [5.41, 5.74) is 1.19. The molecule has 0 bridgehead atoms. The number of ether oxygens (including phenoxy) is 2. The Hall–Kier alpha value is -1.71. The molecule has 0 fully saturated rings. The predicted octanol–water partition coefficient (Wildman–Crippen LogP) is 3.30. The van der Waals surface area contributed by atoms with Crippen molar-refractivity contribution in [3.05, 3.63) is 30.3 Å². The molecule has 4 nitrogen and oxygen atoms in total. The zero-order valence-corrected chi connectivity index (χ0v) is 10.7. The molecule has 96 valence electrons. The van der Waals surface area contributed by atoms with Crippen molar-refractivity contribution >= 4 is 11.8 Å². The fraction of sp³-hybridized carbons (Fsp3) is 0.462. The maximum Gasteiger partial charge on any atom is 0.508 e. The molecule has 0 saturated heterocycles. The normalized spacial score (nSPS) is 8.65. The van der Waals surface area contributed by atoms with Crippen molar-refractivity contribution in [1.29, 1.82) is 0 Å². The molecule has 4 heteroatoms. The van der Waals surface area contributed by atoms with E-state index >= 15 is 0 Å². The molecule has 0 unspecified atom stereocenters. The van der Waals surface area contributed by atoms with Gasteiger partial charge in [0.2, 0.25) is 0 Å². The summed E-state index contributed by atoms with van der Waals surface area (Å²) in [5.74, 6) is 0. The third kappa shape index (κ3) is 9.23. The Bertz CT molecular complexity index is 280. The van der Waals surface area contributed by atoms with Crippen LogP contribution in [-0.4, -0.2) is 25.9 Å². The molecule has 0 saturated carbocycles. The van der Waals surface area contributed by atoms with Gasteiger partial charge in [0.25, 0.3) is 0 Å². The first-order valence-electron chi connectivity index (χ1n) is 5.83. The van der Waals surface area contributed by atoms with Gasteiger partial charge in [0, 0.05) is 12.2 Å². The molecule has 1 aromatic rings. The Morgan fingerprint density at radius 1 is 1.06 bits per heavy atom. The second-order valence-electron chi connectivity index (χ2n) is 3.01. The van der Waals surface area contributed by atoms with E-state index in [1.54, 1.807) is 13.8 Å². The van der Waals surface area contributed by atoms with E-state index < -0.39 is 6.16 Å². The van der Waals surface area contributed by atoms with E-state index in [0.29, 0.717) is 13.2 Å². The summed E-state index contributed by atoms with van der Waals surface area (Å²) in [6.45, 7) is 7.29. The quantitative estimate of drug-likeness (QED) is 0.819. The highest BCUT2D eigenvalue weighted by Gasteiger charge is 1.96. The van der Waals surface area contributed by atoms with Crippen LogP contribution in [0.25, 0.3) is 0 Å². The largest absolute Gasteiger partial charge is 0.508 e. The Labute approximate surface area is 103 Å². The first-order chi connectivity index (χ1) is 8.24. The number of nitrogens with one attached hydrogen (secondary N) is 1. The van der Waals surface area contributed by atoms with Crippen LogP contribution in [0.4, 0.5) is 10.5 Å². The van der Waals surface area contributed by atoms with Gasteiger partial charge in [-0.2, -0.15) is 0 Å². The highest BCUT2D eigenvalue weighted by atomic mass is 16.7. The fourth-order valence-corrected chi connectivity index (χ4v) is 1.04. The van der Waals surface area contributed by atoms with E-state index in [0.717, 1.165) is 6.54 Å². The van der Waals surface area contributed by atoms with Gasteiger partial charge in [-0.25, -0.2) is 4.79 Å². The molecule has 1 rings (SSSR count). The summed E-state index contributed by atoms with van der Waals surface area (Å²) in [4.78, 5) is 10.2. The Morgan fingerprint density at radius 2 is 1.59 bits per heavy atom. The third-order valence-electron chi connectivity index (χ3n) is 1.68. The lowest BCUT2D eigenvalue weighted by atomic mass is 10.3. The molecule has 0 aliphatic rings. The van der Waals surface area contributed by atoms with Crippen molar-refractivity contribution in [3.8, 4) is 0 Å². The van der Waals surface area contributed by atoms with Crippen molar-refractivity contribution in [2.45, 2.75) is 20.8 Å². The molecule has 0 heterocycles. The van der Waals surface area contributed by atoms with Crippen molar-refractivity contribution in [3.63, 3.8) is 0 Å². The monoisotopic (exact) mass is 239 g/mol. The molecule has 0 amide bonds. The Morgan fingerprint density at radius 3 is 2.00 bits per heavy atom. The number of rotatable bonds is 4. The second kappa shape index (κ2) is 10.8. The van der Waals surface area contributed by atoms with E-state index in [4.69, 9.17) is 0 Å². The molecule has 0 aromatic heterocycles. The summed E-state index contributed by atoms with van der Waals surface area (Å²) >= 11 is 0. The average Bonchev–Trinajstić information content (AvgIpc) is 2.32. The van der Waals surface area contributed by atoms with Crippen molar-refractivity contribution < 1.29 is 14.3 Å². The van der Waals surface area contributed by atoms with Gasteiger partial charge in [-0.1, -0.05) is 18.2 Å². The second-order valence-corrected chi connectivity index (χ2v) is 3.01. The first-order valence-corrected chi connectivity index (χ1v) is 5.83. The van der Waals surface area contributed by atoms with E-state index in [-0.39, 0.29) is 0 Å². The van der Waals surface area contributed by atoms with Crippen LogP contribution >= 0.6 is 0 Å². The lowest BCUT2D eigenvalue weighted by Gasteiger charge is -1.99. The minimum absolute atomic E-state index is 0.374. The zero-order chi connectivity index (χ0) is 12.9. The number of hydrogen-bond acceptors (Lipinski definition) is 4. The maximum atomic E-state index is 10.2. The summed E-state index contributed by atoms with van der Waals surface area (Å²) < 4.78 is 8.84. The lowest BCUT2D eigenvalue weighted by molar-refractivity contribution is 0.0630. The molecule has 0 atom stereocenters. The molecule has 1 N–H and O–H groups in total. The summed E-state index contributed by atoms with van der Waals surface area (Å²) in [6, 6.07) is 10.2. The van der Waals surface area contributed by atoms with Gasteiger partial charge in [-0.15, -0.1) is 0 Å². The molecule has 0 aliphatic carbocycles. The predicted molar refractivity (Wildman–Crippen MR) is 69.3 cm³/mol. The van der Waals surface area contributed by atoms with Crippen LogP contribution in [0.1, 0.15) is 20.8 Å². The van der Waals surface area contributed by atoms with Crippen molar-refractivity contribution in [2.24, 2.45) is 0 Å².